The Morgan fingerprint density at radius 1 is 0.600 bits per heavy atom. The molecule has 0 aliphatic heterocycles. The van der Waals surface area contributed by atoms with E-state index in [0.717, 1.165) is 11.1 Å². The zero-order valence-corrected chi connectivity index (χ0v) is 17.9. The highest BCUT2D eigenvalue weighted by Gasteiger charge is 2.33. The van der Waals surface area contributed by atoms with E-state index in [0.29, 0.717) is 5.69 Å². The van der Waals surface area contributed by atoms with Crippen LogP contribution in [0.5, 0.6) is 34.5 Å². The molecule has 5 aromatic rings. The maximum absolute atomic E-state index is 10.9. The Balaban J connectivity index is 2.03. The number of benzene rings is 4. The first-order valence-corrected chi connectivity index (χ1v) is 10.3. The van der Waals surface area contributed by atoms with Crippen molar-refractivity contribution in [3.8, 4) is 51.3 Å². The van der Waals surface area contributed by atoms with Gasteiger partial charge >= 0.3 is 7.12 Å². The third-order valence-corrected chi connectivity index (χ3v) is 6.03. The molecule has 5 rings (SSSR count). The first-order chi connectivity index (χ1) is 16.6. The Bertz CT molecular complexity index is 1650. The second-order valence-electron chi connectivity index (χ2n) is 7.99. The van der Waals surface area contributed by atoms with Gasteiger partial charge in [-0.1, -0.05) is 42.5 Å². The first-order valence-electron chi connectivity index (χ1n) is 10.3. The number of hydrogen-bond donors (Lipinski definition) is 8. The van der Waals surface area contributed by atoms with E-state index < -0.39 is 52.5 Å². The molecule has 1 heterocycles. The van der Waals surface area contributed by atoms with E-state index in [-0.39, 0.29) is 21.8 Å². The highest BCUT2D eigenvalue weighted by molar-refractivity contribution is 6.62. The largest absolute Gasteiger partial charge is 0.507 e. The van der Waals surface area contributed by atoms with E-state index in [9.17, 15) is 40.7 Å². The average Bonchev–Trinajstić information content (AvgIpc) is 3.22. The molecule has 0 saturated carbocycles. The molecular formula is C24H17B2NO8. The van der Waals surface area contributed by atoms with Crippen LogP contribution in [0.1, 0.15) is 0 Å². The van der Waals surface area contributed by atoms with Gasteiger partial charge in [-0.25, -0.2) is 0 Å². The highest BCUT2D eigenvalue weighted by Crippen LogP contribution is 2.50. The molecule has 0 spiro atoms. The fourth-order valence-electron chi connectivity index (χ4n) is 4.43. The van der Waals surface area contributed by atoms with Crippen molar-refractivity contribution >= 4 is 47.7 Å². The maximum atomic E-state index is 10.9. The molecule has 0 aliphatic rings. The smallest absolute Gasteiger partial charge is 0.496 e. The second-order valence-corrected chi connectivity index (χ2v) is 7.99. The van der Waals surface area contributed by atoms with Crippen LogP contribution in [0.25, 0.3) is 38.6 Å². The summed E-state index contributed by atoms with van der Waals surface area (Å²) in [4.78, 5) is 0. The van der Waals surface area contributed by atoms with Crippen molar-refractivity contribution in [1.29, 1.82) is 0 Å². The van der Waals surface area contributed by atoms with Crippen molar-refractivity contribution in [2.24, 2.45) is 0 Å². The summed E-state index contributed by atoms with van der Waals surface area (Å²) >= 11 is 0. The zero-order chi connectivity index (χ0) is 25.2. The van der Waals surface area contributed by atoms with Gasteiger partial charge in [0.1, 0.15) is 19.1 Å². The number of fused-ring (bicyclic) bond motifs is 3. The second kappa shape index (κ2) is 7.79. The van der Waals surface area contributed by atoms with Crippen molar-refractivity contribution in [2.45, 2.75) is 0 Å². The molecule has 0 saturated heterocycles. The van der Waals surface area contributed by atoms with Crippen molar-refractivity contribution < 1.29 is 40.7 Å². The molecule has 1 aromatic heterocycles. The van der Waals surface area contributed by atoms with E-state index >= 15 is 0 Å². The van der Waals surface area contributed by atoms with Crippen LogP contribution in [0.15, 0.2) is 54.6 Å². The predicted molar refractivity (Wildman–Crippen MR) is 131 cm³/mol. The fraction of sp³-hybridized carbons (Fsp3) is 0. The molecule has 35 heavy (non-hydrogen) atoms. The standard InChI is InChI=1S/C24H17B2NO8/c25-15-17-13(20(29)24(33)21(15)30)14-18(23(32)22(31)16(19(14)28)26(34)35)27(17)12-8-4-7-11(9-12)10-5-2-1-3-6-10/h1-9,28-35H. The van der Waals surface area contributed by atoms with Gasteiger partial charge in [-0.15, -0.1) is 0 Å². The van der Waals surface area contributed by atoms with E-state index in [2.05, 4.69) is 0 Å². The number of nitrogens with zero attached hydrogens (tertiary/aromatic N) is 1. The minimum absolute atomic E-state index is 0.118. The SMILES string of the molecule is [B]c1c(O)c(O)c(O)c2c3c(O)c(B(O)O)c(O)c(O)c3n(-c3cccc(-c4ccccc4)c3)c12. The van der Waals surface area contributed by atoms with E-state index in [1.54, 1.807) is 18.2 Å². The molecular weight excluding hydrogens is 452 g/mol. The van der Waals surface area contributed by atoms with Crippen molar-refractivity contribution in [1.82, 2.24) is 4.57 Å². The Morgan fingerprint density at radius 2 is 1.23 bits per heavy atom. The number of rotatable bonds is 3. The third kappa shape index (κ3) is 3.06. The van der Waals surface area contributed by atoms with Crippen molar-refractivity contribution in [3.63, 3.8) is 0 Å². The Kier molecular flexibility index (Phi) is 4.97. The van der Waals surface area contributed by atoms with Crippen molar-refractivity contribution in [3.05, 3.63) is 54.6 Å². The van der Waals surface area contributed by atoms with Gasteiger partial charge in [-0.2, -0.15) is 0 Å². The van der Waals surface area contributed by atoms with Crippen molar-refractivity contribution in [2.75, 3.05) is 0 Å². The summed E-state index contributed by atoms with van der Waals surface area (Å²) in [6.07, 6.45) is 0. The van der Waals surface area contributed by atoms with Crippen LogP contribution in [0, 0.1) is 0 Å². The van der Waals surface area contributed by atoms with Gasteiger partial charge < -0.3 is 45.3 Å². The Labute approximate surface area is 199 Å². The van der Waals surface area contributed by atoms with Crippen LogP contribution in [-0.2, 0) is 0 Å². The zero-order valence-electron chi connectivity index (χ0n) is 17.9. The monoisotopic (exact) mass is 469 g/mol. The van der Waals surface area contributed by atoms with Crippen LogP contribution in [0.4, 0.5) is 0 Å². The molecule has 8 N–H and O–H groups in total. The van der Waals surface area contributed by atoms with Crippen LogP contribution < -0.4 is 10.9 Å². The van der Waals surface area contributed by atoms with Gasteiger partial charge in [0.05, 0.1) is 21.8 Å². The first kappa shape index (κ1) is 22.3. The quantitative estimate of drug-likeness (QED) is 0.111. The lowest BCUT2D eigenvalue weighted by Crippen LogP contribution is -2.30. The van der Waals surface area contributed by atoms with E-state index in [4.69, 9.17) is 7.85 Å². The van der Waals surface area contributed by atoms with Gasteiger partial charge in [0.25, 0.3) is 0 Å². The Hall–Kier alpha value is -4.47. The summed E-state index contributed by atoms with van der Waals surface area (Å²) in [6.45, 7) is 0. The summed E-state index contributed by atoms with van der Waals surface area (Å²) in [5, 5.41) is 82.3. The molecule has 0 amide bonds. The number of aromatic nitrogens is 1. The maximum Gasteiger partial charge on any atom is 0.496 e. The number of hydrogen-bond acceptors (Lipinski definition) is 8. The summed E-state index contributed by atoms with van der Waals surface area (Å²) in [5.74, 6) is -5.46. The van der Waals surface area contributed by atoms with Gasteiger partial charge in [0.15, 0.2) is 28.7 Å². The highest BCUT2D eigenvalue weighted by atomic mass is 16.4. The van der Waals surface area contributed by atoms with Gasteiger partial charge in [0.2, 0.25) is 0 Å². The lowest BCUT2D eigenvalue weighted by Gasteiger charge is -2.15. The topological polar surface area (TPSA) is 167 Å². The molecule has 172 valence electrons. The normalized spacial score (nSPS) is 11.4. The summed E-state index contributed by atoms with van der Waals surface area (Å²) in [6, 6.07) is 16.2. The summed E-state index contributed by atoms with van der Waals surface area (Å²) in [5.41, 5.74) is 0.336. The lowest BCUT2D eigenvalue weighted by molar-refractivity contribution is 0.373. The predicted octanol–water partition coefficient (Wildman–Crippen LogP) is 1.16. The van der Waals surface area contributed by atoms with Gasteiger partial charge in [-0.05, 0) is 28.7 Å². The minimum Gasteiger partial charge on any atom is -0.507 e. The summed E-state index contributed by atoms with van der Waals surface area (Å²) in [7, 11) is 3.72. The third-order valence-electron chi connectivity index (χ3n) is 6.03. The number of aromatic hydroxyl groups is 6. The molecule has 0 bridgehead atoms. The van der Waals surface area contributed by atoms with Crippen LogP contribution in [0.2, 0.25) is 0 Å². The fourth-order valence-corrected chi connectivity index (χ4v) is 4.43. The van der Waals surface area contributed by atoms with Gasteiger partial charge in [-0.3, -0.25) is 0 Å². The molecule has 2 radical (unpaired) electrons. The minimum atomic E-state index is -2.39. The Morgan fingerprint density at radius 3 is 1.89 bits per heavy atom. The number of phenols is 6. The summed E-state index contributed by atoms with van der Waals surface area (Å²) < 4.78 is 1.27. The average molecular weight is 469 g/mol. The van der Waals surface area contributed by atoms with E-state index in [1.165, 1.54) is 4.57 Å². The molecule has 0 atom stereocenters. The molecule has 0 fully saturated rings. The molecule has 0 aliphatic carbocycles. The van der Waals surface area contributed by atoms with Crippen LogP contribution in [-0.4, -0.2) is 60.2 Å². The van der Waals surface area contributed by atoms with Crippen LogP contribution >= 0.6 is 0 Å². The molecule has 11 heteroatoms. The molecule has 4 aromatic carbocycles. The van der Waals surface area contributed by atoms with E-state index in [1.807, 2.05) is 36.4 Å². The van der Waals surface area contributed by atoms with Gasteiger partial charge in [0, 0.05) is 5.69 Å². The molecule has 0 unspecified atom stereocenters. The number of phenolic OH excluding ortho intramolecular Hbond substituents is 6. The van der Waals surface area contributed by atoms with Crippen LogP contribution in [0.3, 0.4) is 0 Å². The lowest BCUT2D eigenvalue weighted by atomic mass is 9.77. The molecule has 9 nitrogen and oxygen atoms in total.